The van der Waals surface area contributed by atoms with Crippen molar-refractivity contribution in [2.45, 2.75) is 6.92 Å². The lowest BCUT2D eigenvalue weighted by Gasteiger charge is -2.09. The van der Waals surface area contributed by atoms with Gasteiger partial charge in [0.1, 0.15) is 16.5 Å². The Morgan fingerprint density at radius 3 is 2.77 bits per heavy atom. The molecule has 112 valence electrons. The standard InChI is InChI=1S/C16H12ClNO2S2/c1-2-18-15(21)14(22-16(18)19)9-10-7-8-13(20-10)11-5-3-4-6-12(11)17/h3-9H,2H2,1H3/b14-9+. The highest BCUT2D eigenvalue weighted by Crippen LogP contribution is 2.35. The van der Waals surface area contributed by atoms with E-state index in [4.69, 9.17) is 28.2 Å². The van der Waals surface area contributed by atoms with Crippen LogP contribution >= 0.6 is 35.6 Å². The molecule has 0 spiro atoms. The molecule has 2 heterocycles. The largest absolute Gasteiger partial charge is 0.457 e. The number of carbonyl (C=O) groups excluding carboxylic acids is 1. The van der Waals surface area contributed by atoms with Crippen molar-refractivity contribution in [2.75, 3.05) is 6.54 Å². The Kier molecular flexibility index (Phi) is 4.38. The zero-order valence-electron chi connectivity index (χ0n) is 11.7. The minimum atomic E-state index is -0.0448. The first-order chi connectivity index (χ1) is 10.6. The molecule has 0 aliphatic carbocycles. The highest BCUT2D eigenvalue weighted by atomic mass is 35.5. The summed E-state index contributed by atoms with van der Waals surface area (Å²) in [6.45, 7) is 2.47. The maximum atomic E-state index is 11.8. The van der Waals surface area contributed by atoms with Gasteiger partial charge in [-0.3, -0.25) is 9.69 Å². The van der Waals surface area contributed by atoms with Crippen molar-refractivity contribution in [3.05, 3.63) is 52.1 Å². The Balaban J connectivity index is 1.90. The first-order valence-corrected chi connectivity index (χ1v) is 8.30. The summed E-state index contributed by atoms with van der Waals surface area (Å²) in [7, 11) is 0. The summed E-state index contributed by atoms with van der Waals surface area (Å²) in [5.41, 5.74) is 0.835. The quantitative estimate of drug-likeness (QED) is 0.544. The van der Waals surface area contributed by atoms with E-state index in [9.17, 15) is 4.79 Å². The molecule has 22 heavy (non-hydrogen) atoms. The monoisotopic (exact) mass is 349 g/mol. The third-order valence-corrected chi connectivity index (χ3v) is 5.05. The predicted molar refractivity (Wildman–Crippen MR) is 95.1 cm³/mol. The second-order valence-electron chi connectivity index (χ2n) is 4.61. The Hall–Kier alpha value is -1.56. The number of benzene rings is 1. The van der Waals surface area contributed by atoms with Gasteiger partial charge in [0, 0.05) is 12.1 Å². The first-order valence-electron chi connectivity index (χ1n) is 6.70. The van der Waals surface area contributed by atoms with Crippen LogP contribution < -0.4 is 0 Å². The van der Waals surface area contributed by atoms with Crippen LogP contribution in [0.15, 0.2) is 45.7 Å². The van der Waals surface area contributed by atoms with Gasteiger partial charge < -0.3 is 4.42 Å². The van der Waals surface area contributed by atoms with Gasteiger partial charge in [-0.1, -0.05) is 36.0 Å². The topological polar surface area (TPSA) is 33.5 Å². The molecule has 0 saturated carbocycles. The molecule has 1 aromatic heterocycles. The molecule has 0 N–H and O–H groups in total. The van der Waals surface area contributed by atoms with E-state index in [-0.39, 0.29) is 5.24 Å². The van der Waals surface area contributed by atoms with E-state index in [1.165, 1.54) is 0 Å². The van der Waals surface area contributed by atoms with E-state index < -0.39 is 0 Å². The van der Waals surface area contributed by atoms with E-state index in [0.29, 0.717) is 28.1 Å². The number of rotatable bonds is 3. The van der Waals surface area contributed by atoms with Crippen LogP contribution in [0.2, 0.25) is 5.02 Å². The molecule has 1 aliphatic rings. The van der Waals surface area contributed by atoms with Crippen molar-refractivity contribution in [2.24, 2.45) is 0 Å². The summed E-state index contributed by atoms with van der Waals surface area (Å²) in [6.07, 6.45) is 1.79. The highest BCUT2D eigenvalue weighted by molar-refractivity contribution is 8.19. The molecule has 1 saturated heterocycles. The number of hydrogen-bond donors (Lipinski definition) is 0. The van der Waals surface area contributed by atoms with Gasteiger partial charge in [0.2, 0.25) is 0 Å². The molecule has 6 heteroatoms. The summed E-state index contributed by atoms with van der Waals surface area (Å²) in [5.74, 6) is 1.33. The van der Waals surface area contributed by atoms with Crippen LogP contribution in [0.5, 0.6) is 0 Å². The van der Waals surface area contributed by atoms with Gasteiger partial charge in [-0.05, 0) is 49.0 Å². The molecule has 0 atom stereocenters. The average Bonchev–Trinajstić information content (AvgIpc) is 3.05. The Morgan fingerprint density at radius 2 is 2.09 bits per heavy atom. The number of likely N-dealkylation sites (N-methyl/N-ethyl adjacent to an activating group) is 1. The molecule has 1 aromatic carbocycles. The normalized spacial score (nSPS) is 16.8. The zero-order valence-corrected chi connectivity index (χ0v) is 14.1. The Bertz CT molecular complexity index is 782. The third kappa shape index (κ3) is 2.84. The fraction of sp³-hybridized carbons (Fsp3) is 0.125. The maximum absolute atomic E-state index is 11.8. The van der Waals surface area contributed by atoms with E-state index in [1.807, 2.05) is 43.3 Å². The summed E-state index contributed by atoms with van der Waals surface area (Å²) in [6, 6.07) is 11.2. The smallest absolute Gasteiger partial charge is 0.291 e. The van der Waals surface area contributed by atoms with E-state index in [0.717, 1.165) is 22.2 Å². The first kappa shape index (κ1) is 15.3. The molecule has 3 rings (SSSR count). The van der Waals surface area contributed by atoms with Crippen LogP contribution in [0, 0.1) is 0 Å². The van der Waals surface area contributed by atoms with Gasteiger partial charge in [-0.25, -0.2) is 0 Å². The number of thioether (sulfide) groups is 1. The average molecular weight is 350 g/mol. The number of amides is 1. The fourth-order valence-corrected chi connectivity index (χ4v) is 3.71. The number of thiocarbonyl (C=S) groups is 1. The lowest BCUT2D eigenvalue weighted by atomic mass is 10.2. The summed E-state index contributed by atoms with van der Waals surface area (Å²) in [4.78, 5) is 14.7. The summed E-state index contributed by atoms with van der Waals surface area (Å²) in [5, 5.41) is 0.589. The van der Waals surface area contributed by atoms with Gasteiger partial charge in [-0.15, -0.1) is 0 Å². The summed E-state index contributed by atoms with van der Waals surface area (Å²) >= 11 is 12.6. The molecular formula is C16H12ClNO2S2. The van der Waals surface area contributed by atoms with Crippen LogP contribution in [-0.2, 0) is 0 Å². The second-order valence-corrected chi connectivity index (χ2v) is 6.39. The SMILES string of the molecule is CCN1C(=O)S/C(=C/c2ccc(-c3ccccc3Cl)o2)C1=S. The van der Waals surface area contributed by atoms with E-state index in [2.05, 4.69) is 0 Å². The Labute approximate surface area is 142 Å². The lowest BCUT2D eigenvalue weighted by molar-refractivity contribution is 0.247. The van der Waals surface area contributed by atoms with Crippen molar-refractivity contribution in [3.8, 4) is 11.3 Å². The maximum Gasteiger partial charge on any atom is 0.291 e. The number of carbonyl (C=O) groups is 1. The molecule has 0 radical (unpaired) electrons. The van der Waals surface area contributed by atoms with Gasteiger partial charge in [-0.2, -0.15) is 0 Å². The highest BCUT2D eigenvalue weighted by Gasteiger charge is 2.30. The van der Waals surface area contributed by atoms with E-state index in [1.54, 1.807) is 11.0 Å². The molecule has 2 aromatic rings. The lowest BCUT2D eigenvalue weighted by Crippen LogP contribution is -2.26. The van der Waals surface area contributed by atoms with Crippen molar-refractivity contribution < 1.29 is 9.21 Å². The van der Waals surface area contributed by atoms with Crippen molar-refractivity contribution in [3.63, 3.8) is 0 Å². The van der Waals surface area contributed by atoms with Gasteiger partial charge in [0.15, 0.2) is 0 Å². The molecule has 1 aliphatic heterocycles. The molecule has 3 nitrogen and oxygen atoms in total. The van der Waals surface area contributed by atoms with Crippen molar-refractivity contribution in [1.82, 2.24) is 4.90 Å². The zero-order chi connectivity index (χ0) is 15.7. The van der Waals surface area contributed by atoms with Gasteiger partial charge in [0.25, 0.3) is 5.24 Å². The number of furan rings is 1. The van der Waals surface area contributed by atoms with Crippen LogP contribution in [0.4, 0.5) is 4.79 Å². The minimum absolute atomic E-state index is 0.0448. The third-order valence-electron chi connectivity index (χ3n) is 3.23. The summed E-state index contributed by atoms with van der Waals surface area (Å²) < 4.78 is 5.80. The molecular weight excluding hydrogens is 338 g/mol. The molecule has 1 amide bonds. The molecule has 0 unspecified atom stereocenters. The van der Waals surface area contributed by atoms with Crippen molar-refractivity contribution in [1.29, 1.82) is 0 Å². The molecule has 1 fully saturated rings. The van der Waals surface area contributed by atoms with Crippen LogP contribution in [0.1, 0.15) is 12.7 Å². The second kappa shape index (κ2) is 6.28. The minimum Gasteiger partial charge on any atom is -0.457 e. The van der Waals surface area contributed by atoms with Gasteiger partial charge in [0.05, 0.1) is 9.93 Å². The number of hydrogen-bond acceptors (Lipinski definition) is 4. The number of nitrogens with zero attached hydrogens (tertiary/aromatic N) is 1. The van der Waals surface area contributed by atoms with Crippen LogP contribution in [0.25, 0.3) is 17.4 Å². The van der Waals surface area contributed by atoms with E-state index >= 15 is 0 Å². The number of halogens is 1. The van der Waals surface area contributed by atoms with Crippen LogP contribution in [0.3, 0.4) is 0 Å². The fourth-order valence-electron chi connectivity index (χ4n) is 2.14. The molecule has 0 bridgehead atoms. The predicted octanol–water partition coefficient (Wildman–Crippen LogP) is 5.46. The van der Waals surface area contributed by atoms with Crippen molar-refractivity contribution >= 4 is 51.9 Å². The van der Waals surface area contributed by atoms with Gasteiger partial charge >= 0.3 is 0 Å². The van der Waals surface area contributed by atoms with Crippen LogP contribution in [-0.4, -0.2) is 21.7 Å². The Morgan fingerprint density at radius 1 is 1.32 bits per heavy atom.